The second kappa shape index (κ2) is 67.5. The van der Waals surface area contributed by atoms with Crippen LogP contribution in [0.5, 0.6) is 0 Å². The van der Waals surface area contributed by atoms with E-state index in [1.165, 1.54) is 199 Å². The van der Waals surface area contributed by atoms with Gasteiger partial charge in [0.1, 0.15) is 24.4 Å². The number of ether oxygens (including phenoxy) is 2. The van der Waals surface area contributed by atoms with Gasteiger partial charge >= 0.3 is 0 Å². The van der Waals surface area contributed by atoms with E-state index in [0.717, 1.165) is 103 Å². The molecule has 0 spiro atoms. The Labute approximate surface area is 548 Å². The number of rotatable bonds is 64. The van der Waals surface area contributed by atoms with Crippen LogP contribution < -0.4 is 5.32 Å². The molecule has 1 aliphatic heterocycles. The summed E-state index contributed by atoms with van der Waals surface area (Å²) in [5, 5.41) is 54.8. The molecule has 512 valence electrons. The van der Waals surface area contributed by atoms with Crippen LogP contribution in [0.4, 0.5) is 0 Å². The van der Waals surface area contributed by atoms with Crippen LogP contribution in [-0.2, 0) is 14.3 Å². The standard InChI is InChI=1S/C80H139NO8/c1-3-5-7-9-11-13-15-17-19-21-23-25-27-29-31-33-35-37-39-41-43-45-47-49-51-53-55-57-59-61-63-65-67-69-74(83)73(72-88-80-79(87)78(86)77(85)75(71-82)89-80)81-76(84)70-68-66-64-62-60-58-56-54-52-50-48-46-44-42-40-38-36-34-32-30-28-26-24-22-20-18-16-14-12-10-8-6-4-2/h6,8,12,14,18,20,24,26,30,32,36,38,42,44,51,53,59,61,67,69,73-75,77-80,82-83,85-87H,3-5,7,9-11,13,15-17,19,21-23,25,27-29,31,33-35,37,39-41,43,45-50,52,54-58,60,62-66,68,70-72H2,1-2H3,(H,81,84)/b8-6-,14-12-,20-18-,26-24-,32-30-,38-36-,44-42-,53-51+,61-59+,69-67+. The molecule has 6 N–H and O–H groups in total. The molecule has 1 aliphatic rings. The van der Waals surface area contributed by atoms with E-state index in [-0.39, 0.29) is 12.5 Å². The van der Waals surface area contributed by atoms with E-state index in [1.807, 2.05) is 6.08 Å². The first-order valence-corrected chi connectivity index (χ1v) is 37.3. The van der Waals surface area contributed by atoms with Gasteiger partial charge in [0.05, 0.1) is 25.4 Å². The Morgan fingerprint density at radius 2 is 0.708 bits per heavy atom. The lowest BCUT2D eigenvalue weighted by molar-refractivity contribution is -0.302. The molecule has 0 saturated carbocycles. The van der Waals surface area contributed by atoms with Crippen molar-refractivity contribution in [3.05, 3.63) is 122 Å². The summed E-state index contributed by atoms with van der Waals surface area (Å²) in [7, 11) is 0. The Morgan fingerprint density at radius 1 is 0.393 bits per heavy atom. The first-order valence-electron chi connectivity index (χ1n) is 37.3. The summed E-state index contributed by atoms with van der Waals surface area (Å²) in [6.45, 7) is 3.67. The zero-order chi connectivity index (χ0) is 64.2. The van der Waals surface area contributed by atoms with Crippen LogP contribution in [0.1, 0.15) is 322 Å². The molecule has 0 bridgehead atoms. The number of aliphatic hydroxyl groups is 5. The molecule has 0 radical (unpaired) electrons. The Morgan fingerprint density at radius 3 is 1.08 bits per heavy atom. The second-order valence-corrected chi connectivity index (χ2v) is 25.3. The molecular formula is C80H139NO8. The van der Waals surface area contributed by atoms with E-state index < -0.39 is 49.5 Å². The molecule has 7 unspecified atom stereocenters. The molecule has 0 aromatic rings. The minimum Gasteiger partial charge on any atom is -0.394 e. The molecule has 0 aromatic carbocycles. The summed E-state index contributed by atoms with van der Waals surface area (Å²) < 4.78 is 11.3. The number of nitrogens with one attached hydrogen (secondary N) is 1. The van der Waals surface area contributed by atoms with Crippen molar-refractivity contribution in [1.29, 1.82) is 0 Å². The summed E-state index contributed by atoms with van der Waals surface area (Å²) in [5.41, 5.74) is 0. The quantitative estimate of drug-likeness (QED) is 0.0261. The number of amides is 1. The topological polar surface area (TPSA) is 149 Å². The van der Waals surface area contributed by atoms with Crippen molar-refractivity contribution in [2.75, 3.05) is 13.2 Å². The molecular weight excluding hydrogens is 1100 g/mol. The fourth-order valence-electron chi connectivity index (χ4n) is 11.2. The van der Waals surface area contributed by atoms with Crippen LogP contribution in [0.3, 0.4) is 0 Å². The van der Waals surface area contributed by atoms with Gasteiger partial charge < -0.3 is 40.3 Å². The number of allylic oxidation sites excluding steroid dienone is 19. The molecule has 1 rings (SSSR count). The Bertz CT molecular complexity index is 1830. The monoisotopic (exact) mass is 1240 g/mol. The third-order valence-corrected chi connectivity index (χ3v) is 17.0. The number of hydrogen-bond acceptors (Lipinski definition) is 8. The molecule has 7 atom stereocenters. The molecule has 9 heteroatoms. The van der Waals surface area contributed by atoms with Crippen molar-refractivity contribution in [1.82, 2.24) is 5.32 Å². The third kappa shape index (κ3) is 55.9. The highest BCUT2D eigenvalue weighted by Gasteiger charge is 2.44. The minimum absolute atomic E-state index is 0.196. The first-order chi connectivity index (χ1) is 43.8. The number of hydrogen-bond donors (Lipinski definition) is 6. The summed E-state index contributed by atoms with van der Waals surface area (Å²) in [5.74, 6) is -0.196. The number of unbranched alkanes of at least 4 members (excludes halogenated alkanes) is 36. The highest BCUT2D eigenvalue weighted by molar-refractivity contribution is 5.76. The van der Waals surface area contributed by atoms with E-state index in [4.69, 9.17) is 9.47 Å². The van der Waals surface area contributed by atoms with Crippen LogP contribution in [0.2, 0.25) is 0 Å². The van der Waals surface area contributed by atoms with E-state index in [9.17, 15) is 30.3 Å². The maximum atomic E-state index is 13.1. The molecule has 0 aromatic heterocycles. The largest absolute Gasteiger partial charge is 0.394 e. The molecule has 1 saturated heterocycles. The van der Waals surface area contributed by atoms with Gasteiger partial charge in [0.2, 0.25) is 5.91 Å². The molecule has 0 aliphatic carbocycles. The van der Waals surface area contributed by atoms with Gasteiger partial charge in [0, 0.05) is 6.42 Å². The van der Waals surface area contributed by atoms with Gasteiger partial charge in [0.25, 0.3) is 0 Å². The van der Waals surface area contributed by atoms with Crippen LogP contribution >= 0.6 is 0 Å². The number of aliphatic hydroxyl groups excluding tert-OH is 5. The molecule has 1 amide bonds. The molecule has 1 heterocycles. The first kappa shape index (κ1) is 83.6. The lowest BCUT2D eigenvalue weighted by Crippen LogP contribution is -2.60. The Hall–Kier alpha value is -3.41. The zero-order valence-electron chi connectivity index (χ0n) is 57.4. The Kier molecular flexibility index (Phi) is 63.4. The van der Waals surface area contributed by atoms with Gasteiger partial charge in [-0.3, -0.25) is 4.79 Å². The maximum Gasteiger partial charge on any atom is 0.220 e. The normalized spacial score (nSPS) is 18.6. The van der Waals surface area contributed by atoms with Gasteiger partial charge in [-0.05, 0) is 103 Å². The van der Waals surface area contributed by atoms with Crippen LogP contribution in [-0.4, -0.2) is 87.5 Å². The average molecular weight is 1240 g/mol. The van der Waals surface area contributed by atoms with E-state index in [0.29, 0.717) is 6.42 Å². The van der Waals surface area contributed by atoms with Gasteiger partial charge in [-0.25, -0.2) is 0 Å². The van der Waals surface area contributed by atoms with Crippen LogP contribution in [0, 0.1) is 0 Å². The third-order valence-electron chi connectivity index (χ3n) is 17.0. The summed E-state index contributed by atoms with van der Waals surface area (Å²) in [6, 6.07) is -0.841. The summed E-state index contributed by atoms with van der Waals surface area (Å²) in [4.78, 5) is 13.1. The SMILES string of the molecule is CC/C=C\C/C=C\C/C=C\C/C=C\C/C=C\C/C=C\C/C=C\CCCCCCCCCCCCCC(=O)NC(COC1OC(CO)C(O)C(O)C1O)C(O)/C=C/CC/C=C/CC/C=C/CCCCCCCCCCCCCCCCCCCCCCCCC. The fraction of sp³-hybridized carbons (Fsp3) is 0.738. The summed E-state index contributed by atoms with van der Waals surface area (Å²) in [6.07, 6.45) is 94.6. The van der Waals surface area contributed by atoms with Crippen molar-refractivity contribution in [3.8, 4) is 0 Å². The highest BCUT2D eigenvalue weighted by atomic mass is 16.7. The molecule has 89 heavy (non-hydrogen) atoms. The van der Waals surface area contributed by atoms with Crippen LogP contribution in [0.25, 0.3) is 0 Å². The maximum absolute atomic E-state index is 13.1. The van der Waals surface area contributed by atoms with Gasteiger partial charge in [-0.2, -0.15) is 0 Å². The van der Waals surface area contributed by atoms with Crippen molar-refractivity contribution in [3.63, 3.8) is 0 Å². The van der Waals surface area contributed by atoms with Crippen LogP contribution in [0.15, 0.2) is 122 Å². The van der Waals surface area contributed by atoms with E-state index in [1.54, 1.807) is 6.08 Å². The van der Waals surface area contributed by atoms with Gasteiger partial charge in [-0.1, -0.05) is 334 Å². The highest BCUT2D eigenvalue weighted by Crippen LogP contribution is 2.23. The van der Waals surface area contributed by atoms with E-state index in [2.05, 4.69) is 129 Å². The predicted molar refractivity (Wildman–Crippen MR) is 382 cm³/mol. The van der Waals surface area contributed by atoms with Crippen molar-refractivity contribution in [2.24, 2.45) is 0 Å². The fourth-order valence-corrected chi connectivity index (χ4v) is 11.2. The second-order valence-electron chi connectivity index (χ2n) is 25.3. The van der Waals surface area contributed by atoms with Crippen molar-refractivity contribution < 1.29 is 39.8 Å². The summed E-state index contributed by atoms with van der Waals surface area (Å²) >= 11 is 0. The smallest absolute Gasteiger partial charge is 0.220 e. The zero-order valence-corrected chi connectivity index (χ0v) is 57.4. The van der Waals surface area contributed by atoms with Crippen molar-refractivity contribution >= 4 is 5.91 Å². The minimum atomic E-state index is -1.58. The molecule has 1 fully saturated rings. The van der Waals surface area contributed by atoms with Crippen molar-refractivity contribution in [2.45, 2.75) is 365 Å². The number of carbonyl (C=O) groups excluding carboxylic acids is 1. The Balaban J connectivity index is 2.16. The van der Waals surface area contributed by atoms with Gasteiger partial charge in [0.15, 0.2) is 6.29 Å². The lowest BCUT2D eigenvalue weighted by atomic mass is 9.99. The van der Waals surface area contributed by atoms with E-state index >= 15 is 0 Å². The lowest BCUT2D eigenvalue weighted by Gasteiger charge is -2.40. The number of carbonyl (C=O) groups is 1. The van der Waals surface area contributed by atoms with Gasteiger partial charge in [-0.15, -0.1) is 0 Å². The predicted octanol–water partition coefficient (Wildman–Crippen LogP) is 21.0. The average Bonchev–Trinajstić information content (AvgIpc) is 2.28. The molecule has 9 nitrogen and oxygen atoms in total.